The Morgan fingerprint density at radius 3 is 2.75 bits per heavy atom. The van der Waals surface area contributed by atoms with Gasteiger partial charge in [0.1, 0.15) is 0 Å². The highest BCUT2D eigenvalue weighted by Gasteiger charge is 2.17. The zero-order valence-electron chi connectivity index (χ0n) is 15.7. The number of guanidine groups is 1. The highest BCUT2D eigenvalue weighted by molar-refractivity contribution is 6.10. The molecule has 7 nitrogen and oxygen atoms in total. The number of amides is 1. The third-order valence-electron chi connectivity index (χ3n) is 4.66. The molecular formula is C21H23N3O4. The van der Waals surface area contributed by atoms with Gasteiger partial charge in [-0.05, 0) is 44.0 Å². The number of carbonyl (C=O) groups is 1. The molecule has 4 rings (SSSR count). The van der Waals surface area contributed by atoms with Crippen molar-refractivity contribution in [3.63, 3.8) is 0 Å². The topological polar surface area (TPSA) is 81.2 Å². The molecule has 1 atom stereocenters. The van der Waals surface area contributed by atoms with E-state index in [-0.39, 0.29) is 18.8 Å². The average molecular weight is 381 g/mol. The Balaban J connectivity index is 1.50. The van der Waals surface area contributed by atoms with Crippen LogP contribution >= 0.6 is 0 Å². The van der Waals surface area contributed by atoms with Crippen LogP contribution in [0, 0.1) is 6.92 Å². The Morgan fingerprint density at radius 1 is 1.14 bits per heavy atom. The summed E-state index contributed by atoms with van der Waals surface area (Å²) in [5.74, 6) is 1.51. The minimum atomic E-state index is -0.223. The fraction of sp³-hybridized carbons (Fsp3) is 0.333. The number of nitrogens with zero attached hydrogens (tertiary/aromatic N) is 1. The highest BCUT2D eigenvalue weighted by Crippen LogP contribution is 2.34. The number of hydrogen-bond donors (Lipinski definition) is 2. The molecule has 0 bridgehead atoms. The maximum atomic E-state index is 12.6. The zero-order valence-corrected chi connectivity index (χ0v) is 15.7. The number of fused-ring (bicyclic) bond motifs is 1. The second kappa shape index (κ2) is 8.31. The fourth-order valence-electron chi connectivity index (χ4n) is 3.09. The van der Waals surface area contributed by atoms with Gasteiger partial charge < -0.3 is 19.5 Å². The minimum Gasteiger partial charge on any atom is -0.454 e. The van der Waals surface area contributed by atoms with Crippen LogP contribution < -0.4 is 20.1 Å². The summed E-state index contributed by atoms with van der Waals surface area (Å²) in [7, 11) is 0. The van der Waals surface area contributed by atoms with Crippen LogP contribution in [0.1, 0.15) is 28.8 Å². The van der Waals surface area contributed by atoms with Crippen molar-refractivity contribution < 1.29 is 19.0 Å². The molecular weight excluding hydrogens is 358 g/mol. The molecule has 2 N–H and O–H groups in total. The minimum absolute atomic E-state index is 0.0878. The van der Waals surface area contributed by atoms with E-state index in [1.807, 2.05) is 37.3 Å². The van der Waals surface area contributed by atoms with Gasteiger partial charge >= 0.3 is 0 Å². The van der Waals surface area contributed by atoms with E-state index >= 15 is 0 Å². The number of anilines is 1. The van der Waals surface area contributed by atoms with Gasteiger partial charge in [-0.3, -0.25) is 10.1 Å². The van der Waals surface area contributed by atoms with Crippen LogP contribution in [-0.4, -0.2) is 37.9 Å². The van der Waals surface area contributed by atoms with Gasteiger partial charge in [0.2, 0.25) is 12.8 Å². The molecule has 2 heterocycles. The van der Waals surface area contributed by atoms with E-state index in [9.17, 15) is 4.79 Å². The lowest BCUT2D eigenvalue weighted by atomic mass is 10.1. The Hall–Kier alpha value is -3.06. The molecule has 1 saturated heterocycles. The van der Waals surface area contributed by atoms with E-state index in [1.165, 1.54) is 0 Å². The Labute approximate surface area is 163 Å². The molecule has 0 radical (unpaired) electrons. The highest BCUT2D eigenvalue weighted by atomic mass is 16.7. The molecule has 1 amide bonds. The smallest absolute Gasteiger partial charge is 0.257 e. The van der Waals surface area contributed by atoms with Crippen molar-refractivity contribution in [2.24, 2.45) is 4.99 Å². The SMILES string of the molecule is Cc1ccc(C(=O)NC(=NCC2CCCO2)Nc2ccc3c(c2)OCO3)cc1. The van der Waals surface area contributed by atoms with E-state index in [0.717, 1.165) is 30.7 Å². The molecule has 0 spiro atoms. The molecule has 0 aromatic heterocycles. The number of carbonyl (C=O) groups excluding carboxylic acids is 1. The predicted octanol–water partition coefficient (Wildman–Crippen LogP) is 3.10. The zero-order chi connectivity index (χ0) is 19.3. The van der Waals surface area contributed by atoms with Crippen molar-refractivity contribution >= 4 is 17.6 Å². The number of nitrogens with one attached hydrogen (secondary N) is 2. The molecule has 2 aliphatic rings. The third kappa shape index (κ3) is 4.43. The molecule has 146 valence electrons. The van der Waals surface area contributed by atoms with Crippen LogP contribution in [-0.2, 0) is 4.74 Å². The Morgan fingerprint density at radius 2 is 1.96 bits per heavy atom. The van der Waals surface area contributed by atoms with Crippen molar-refractivity contribution in [2.75, 3.05) is 25.3 Å². The summed E-state index contributed by atoms with van der Waals surface area (Å²) < 4.78 is 16.4. The van der Waals surface area contributed by atoms with Crippen LogP contribution in [0.5, 0.6) is 11.5 Å². The van der Waals surface area contributed by atoms with Gasteiger partial charge in [0.25, 0.3) is 5.91 Å². The van der Waals surface area contributed by atoms with Crippen LogP contribution in [0.3, 0.4) is 0 Å². The van der Waals surface area contributed by atoms with Crippen molar-refractivity contribution in [1.82, 2.24) is 5.32 Å². The van der Waals surface area contributed by atoms with Crippen LogP contribution in [0.25, 0.3) is 0 Å². The summed E-state index contributed by atoms with van der Waals surface area (Å²) in [5, 5.41) is 6.04. The van der Waals surface area contributed by atoms with Gasteiger partial charge in [0.15, 0.2) is 11.5 Å². The number of aliphatic imine (C=N–C) groups is 1. The van der Waals surface area contributed by atoms with Gasteiger partial charge in [0, 0.05) is 23.9 Å². The number of aryl methyl sites for hydroxylation is 1. The fourth-order valence-corrected chi connectivity index (χ4v) is 3.09. The first kappa shape index (κ1) is 18.3. The van der Waals surface area contributed by atoms with E-state index < -0.39 is 0 Å². The molecule has 0 saturated carbocycles. The Kier molecular flexibility index (Phi) is 5.43. The summed E-state index contributed by atoms with van der Waals surface area (Å²) >= 11 is 0. The van der Waals surface area contributed by atoms with Gasteiger partial charge in [-0.15, -0.1) is 0 Å². The third-order valence-corrected chi connectivity index (χ3v) is 4.66. The van der Waals surface area contributed by atoms with Crippen LogP contribution in [0.4, 0.5) is 5.69 Å². The second-order valence-electron chi connectivity index (χ2n) is 6.84. The molecule has 1 fully saturated rings. The molecule has 2 aliphatic heterocycles. The maximum absolute atomic E-state index is 12.6. The first-order chi connectivity index (χ1) is 13.7. The van der Waals surface area contributed by atoms with E-state index in [1.54, 1.807) is 12.1 Å². The van der Waals surface area contributed by atoms with Crippen molar-refractivity contribution in [2.45, 2.75) is 25.9 Å². The summed E-state index contributed by atoms with van der Waals surface area (Å²) in [6.07, 6.45) is 2.11. The largest absolute Gasteiger partial charge is 0.454 e. The van der Waals surface area contributed by atoms with Gasteiger partial charge in [-0.25, -0.2) is 4.99 Å². The van der Waals surface area contributed by atoms with Crippen LogP contribution in [0.15, 0.2) is 47.5 Å². The summed E-state index contributed by atoms with van der Waals surface area (Å²) in [4.78, 5) is 17.2. The molecule has 0 aliphatic carbocycles. The summed E-state index contributed by atoms with van der Waals surface area (Å²) in [5.41, 5.74) is 2.42. The van der Waals surface area contributed by atoms with Crippen molar-refractivity contribution in [3.05, 3.63) is 53.6 Å². The predicted molar refractivity (Wildman–Crippen MR) is 106 cm³/mol. The number of rotatable bonds is 4. The lowest BCUT2D eigenvalue weighted by Crippen LogP contribution is -2.36. The number of hydrogen-bond acceptors (Lipinski definition) is 5. The van der Waals surface area contributed by atoms with E-state index in [4.69, 9.17) is 14.2 Å². The standard InChI is InChI=1S/C21H23N3O4/c1-14-4-6-15(7-5-14)20(25)24-21(22-12-17-3-2-10-26-17)23-16-8-9-18-19(11-16)28-13-27-18/h4-9,11,17H,2-3,10,12-13H2,1H3,(H2,22,23,24,25). The van der Waals surface area contributed by atoms with Crippen LogP contribution in [0.2, 0.25) is 0 Å². The van der Waals surface area contributed by atoms with Crippen molar-refractivity contribution in [3.8, 4) is 11.5 Å². The molecule has 2 aromatic rings. The lowest BCUT2D eigenvalue weighted by Gasteiger charge is -2.14. The monoisotopic (exact) mass is 381 g/mol. The van der Waals surface area contributed by atoms with Crippen molar-refractivity contribution in [1.29, 1.82) is 0 Å². The lowest BCUT2D eigenvalue weighted by molar-refractivity contribution is 0.0975. The van der Waals surface area contributed by atoms with Gasteiger partial charge in [-0.1, -0.05) is 17.7 Å². The summed E-state index contributed by atoms with van der Waals surface area (Å²) in [6.45, 7) is 3.45. The number of ether oxygens (including phenoxy) is 3. The quantitative estimate of drug-likeness (QED) is 0.628. The molecule has 1 unspecified atom stereocenters. The maximum Gasteiger partial charge on any atom is 0.257 e. The molecule has 7 heteroatoms. The summed E-state index contributed by atoms with van der Waals surface area (Å²) in [6, 6.07) is 12.9. The molecule has 2 aromatic carbocycles. The molecule has 28 heavy (non-hydrogen) atoms. The first-order valence-corrected chi connectivity index (χ1v) is 9.38. The van der Waals surface area contributed by atoms with E-state index in [2.05, 4.69) is 15.6 Å². The first-order valence-electron chi connectivity index (χ1n) is 9.38. The Bertz CT molecular complexity index is 874. The average Bonchev–Trinajstić information content (AvgIpc) is 3.38. The number of benzene rings is 2. The van der Waals surface area contributed by atoms with Gasteiger partial charge in [-0.2, -0.15) is 0 Å². The van der Waals surface area contributed by atoms with Gasteiger partial charge in [0.05, 0.1) is 12.6 Å². The normalized spacial score (nSPS) is 18.2. The van der Waals surface area contributed by atoms with E-state index in [0.29, 0.717) is 29.6 Å². The second-order valence-corrected chi connectivity index (χ2v) is 6.84.